The second-order valence-electron chi connectivity index (χ2n) is 19.8. The minimum atomic E-state index is -0.257. The first-order chi connectivity index (χ1) is 36.1. The van der Waals surface area contributed by atoms with Crippen molar-refractivity contribution < 1.29 is 4.42 Å². The second-order valence-corrected chi connectivity index (χ2v) is 19.8. The average Bonchev–Trinajstić information content (AvgIpc) is 4.11. The number of fused-ring (bicyclic) bond motifs is 11. The van der Waals surface area contributed by atoms with Gasteiger partial charge in [-0.2, -0.15) is 0 Å². The fourth-order valence-corrected chi connectivity index (χ4v) is 12.3. The number of furan rings is 1. The third-order valence-electron chi connectivity index (χ3n) is 15.7. The van der Waals surface area contributed by atoms with Gasteiger partial charge in [0.15, 0.2) is 5.84 Å². The highest BCUT2D eigenvalue weighted by Crippen LogP contribution is 2.46. The van der Waals surface area contributed by atoms with Gasteiger partial charge in [0, 0.05) is 44.1 Å². The highest BCUT2D eigenvalue weighted by Gasteiger charge is 2.35. The van der Waals surface area contributed by atoms with Crippen molar-refractivity contribution in [2.24, 2.45) is 15.9 Å². The Morgan fingerprint density at radius 3 is 1.86 bits per heavy atom. The van der Waals surface area contributed by atoms with E-state index in [9.17, 15) is 0 Å². The zero-order valence-electron chi connectivity index (χ0n) is 40.3. The molecule has 10 aromatic carbocycles. The van der Waals surface area contributed by atoms with E-state index in [4.69, 9.17) is 14.4 Å². The van der Waals surface area contributed by atoms with E-state index in [0.29, 0.717) is 5.84 Å². The molecule has 1 aliphatic carbocycles. The lowest BCUT2D eigenvalue weighted by Gasteiger charge is -2.30. The van der Waals surface area contributed by atoms with Crippen LogP contribution in [-0.2, 0) is 0 Å². The highest BCUT2D eigenvalue weighted by atomic mass is 16.3. The number of nitrogens with zero attached hydrogens (tertiary/aromatic N) is 4. The van der Waals surface area contributed by atoms with Crippen molar-refractivity contribution in [1.82, 2.24) is 9.13 Å². The topological polar surface area (TPSA) is 47.7 Å². The van der Waals surface area contributed by atoms with Gasteiger partial charge in [-0.25, -0.2) is 4.99 Å². The molecule has 5 heteroatoms. The Bertz CT molecular complexity index is 4460. The van der Waals surface area contributed by atoms with Gasteiger partial charge in [0.25, 0.3) is 0 Å². The zero-order chi connectivity index (χ0) is 48.1. The molecule has 0 saturated heterocycles. The van der Waals surface area contributed by atoms with Crippen LogP contribution in [0, 0.1) is 5.92 Å². The summed E-state index contributed by atoms with van der Waals surface area (Å²) in [5, 5.41) is 11.8. The third-order valence-corrected chi connectivity index (χ3v) is 15.7. The van der Waals surface area contributed by atoms with Gasteiger partial charge < -0.3 is 13.6 Å². The van der Waals surface area contributed by atoms with E-state index in [1.165, 1.54) is 70.9 Å². The molecule has 15 rings (SSSR count). The van der Waals surface area contributed by atoms with Crippen molar-refractivity contribution in [3.63, 3.8) is 0 Å². The maximum atomic E-state index is 6.95. The fraction of sp³-hybridized carbons (Fsp3) is 0.0882. The van der Waals surface area contributed by atoms with Gasteiger partial charge in [-0.05, 0) is 130 Å². The molecule has 4 heterocycles. The molecule has 0 bridgehead atoms. The first-order valence-corrected chi connectivity index (χ1v) is 25.7. The molecular formula is C68H48N4O. The number of rotatable bonds is 7. The van der Waals surface area contributed by atoms with Gasteiger partial charge in [-0.1, -0.05) is 165 Å². The Balaban J connectivity index is 1.03. The number of hydrogen-bond acceptors (Lipinski definition) is 3. The van der Waals surface area contributed by atoms with Crippen LogP contribution in [0.15, 0.2) is 239 Å². The van der Waals surface area contributed by atoms with E-state index in [2.05, 4.69) is 241 Å². The summed E-state index contributed by atoms with van der Waals surface area (Å²) in [5.41, 5.74) is 15.1. The van der Waals surface area contributed by atoms with E-state index in [1.807, 2.05) is 0 Å². The monoisotopic (exact) mass is 936 g/mol. The van der Waals surface area contributed by atoms with Crippen LogP contribution in [0.5, 0.6) is 0 Å². The van der Waals surface area contributed by atoms with Gasteiger partial charge >= 0.3 is 0 Å². The van der Waals surface area contributed by atoms with Gasteiger partial charge in [-0.3, -0.25) is 4.99 Å². The first kappa shape index (κ1) is 41.7. The third kappa shape index (κ3) is 6.55. The molecule has 73 heavy (non-hydrogen) atoms. The predicted octanol–water partition coefficient (Wildman–Crippen LogP) is 18.0. The Labute approximate surface area is 422 Å². The lowest BCUT2D eigenvalue weighted by Crippen LogP contribution is -2.28. The summed E-state index contributed by atoms with van der Waals surface area (Å²) >= 11 is 0. The molecule has 0 spiro atoms. The molecule has 2 unspecified atom stereocenters. The van der Waals surface area contributed by atoms with Crippen molar-refractivity contribution in [2.75, 3.05) is 0 Å². The van der Waals surface area contributed by atoms with Crippen molar-refractivity contribution >= 4 is 104 Å². The summed E-state index contributed by atoms with van der Waals surface area (Å²) < 4.78 is 11.9. The van der Waals surface area contributed by atoms with Gasteiger partial charge in [0.05, 0.1) is 44.9 Å². The molecule has 0 N–H and O–H groups in total. The molecule has 0 fully saturated rings. The van der Waals surface area contributed by atoms with E-state index in [1.54, 1.807) is 0 Å². The Hall–Kier alpha value is -9.06. The van der Waals surface area contributed by atoms with Crippen LogP contribution in [0.25, 0.3) is 110 Å². The van der Waals surface area contributed by atoms with Crippen LogP contribution in [0.1, 0.15) is 48.9 Å². The first-order valence-electron chi connectivity index (χ1n) is 25.7. The van der Waals surface area contributed by atoms with Crippen LogP contribution < -0.4 is 0 Å². The van der Waals surface area contributed by atoms with Crippen molar-refractivity contribution in [3.8, 4) is 16.8 Å². The predicted molar refractivity (Wildman–Crippen MR) is 307 cm³/mol. The van der Waals surface area contributed by atoms with Crippen LogP contribution in [0.2, 0.25) is 0 Å². The van der Waals surface area contributed by atoms with Crippen LogP contribution >= 0.6 is 0 Å². The molecule has 0 amide bonds. The fourth-order valence-electron chi connectivity index (χ4n) is 12.3. The van der Waals surface area contributed by atoms with Crippen molar-refractivity contribution in [3.05, 3.63) is 241 Å². The minimum Gasteiger partial charge on any atom is -0.456 e. The van der Waals surface area contributed by atoms with E-state index < -0.39 is 0 Å². The number of aliphatic imine (C=N–C) groups is 2. The van der Waals surface area contributed by atoms with Gasteiger partial charge in [0.1, 0.15) is 11.2 Å². The molecule has 13 aromatic rings. The standard InChI is InChI=1S/C68H48N4O/c1-2-51-66(48-26-17-25-43(35-48)42-19-5-3-6-20-42)69-68(70-67(51)54-31-18-33-58-64(54)52-29-13-15-32-57(52)71(58)50-27-7-4-8-28-50)49-40-61(65-53-30-14-16-34-62(53)73-63(65)41-49)72-59-38-46-23-11-9-21-44(46)36-55(59)56-37-45-22-10-12-24-47(45)39-60(56)72/h3,5-7,9-41,51,67H,2,4,8H2,1H3. The van der Waals surface area contributed by atoms with E-state index >= 15 is 0 Å². The van der Waals surface area contributed by atoms with Crippen molar-refractivity contribution in [1.29, 1.82) is 0 Å². The summed E-state index contributed by atoms with van der Waals surface area (Å²) in [6.45, 7) is 2.30. The summed E-state index contributed by atoms with van der Waals surface area (Å²) in [6, 6.07) is 74.9. The van der Waals surface area contributed by atoms with Crippen LogP contribution in [0.3, 0.4) is 0 Å². The summed E-state index contributed by atoms with van der Waals surface area (Å²) in [6.07, 6.45) is 9.89. The van der Waals surface area contributed by atoms with Crippen LogP contribution in [-0.4, -0.2) is 20.7 Å². The lowest BCUT2D eigenvalue weighted by atomic mass is 9.81. The van der Waals surface area contributed by atoms with Crippen LogP contribution in [0.4, 0.5) is 0 Å². The molecule has 2 aliphatic rings. The van der Waals surface area contributed by atoms with E-state index in [-0.39, 0.29) is 12.0 Å². The highest BCUT2D eigenvalue weighted by molar-refractivity contribution is 6.22. The summed E-state index contributed by atoms with van der Waals surface area (Å²) in [5.74, 6) is 0.665. The smallest absolute Gasteiger partial charge is 0.155 e. The van der Waals surface area contributed by atoms with Crippen molar-refractivity contribution in [2.45, 2.75) is 32.2 Å². The number of allylic oxidation sites excluding steroid dienone is 4. The number of amidine groups is 1. The lowest BCUT2D eigenvalue weighted by molar-refractivity contribution is 0.535. The van der Waals surface area contributed by atoms with Gasteiger partial charge in [0.2, 0.25) is 0 Å². The molecule has 0 saturated carbocycles. The zero-order valence-corrected chi connectivity index (χ0v) is 40.3. The SMILES string of the molecule is CCC1C(c2cccc(-c3ccccc3)c2)=NC(c2cc(-n3c4cc5ccccc5cc4c4cc5ccccc5cc43)c3c(c2)oc2ccccc23)=NC1c1cccc2c1c1ccccc1n2C1=CCCC=C1. The Morgan fingerprint density at radius 2 is 1.12 bits per heavy atom. The maximum Gasteiger partial charge on any atom is 0.155 e. The molecule has 5 nitrogen and oxygen atoms in total. The molecule has 0 radical (unpaired) electrons. The molecule has 3 aromatic heterocycles. The number of hydrogen-bond donors (Lipinski definition) is 0. The minimum absolute atomic E-state index is 0.0235. The molecule has 346 valence electrons. The quantitative estimate of drug-likeness (QED) is 0.157. The largest absolute Gasteiger partial charge is 0.456 e. The molecule has 1 aliphatic heterocycles. The second kappa shape index (κ2) is 16.5. The van der Waals surface area contributed by atoms with E-state index in [0.717, 1.165) is 80.3 Å². The molecule has 2 atom stereocenters. The Kier molecular flexibility index (Phi) is 9.43. The Morgan fingerprint density at radius 1 is 0.479 bits per heavy atom. The molecular weight excluding hydrogens is 889 g/mol. The summed E-state index contributed by atoms with van der Waals surface area (Å²) in [4.78, 5) is 11.7. The number of aromatic nitrogens is 2. The average molecular weight is 937 g/mol. The normalized spacial score (nSPS) is 16.2. The number of benzene rings is 10. The van der Waals surface area contributed by atoms with Gasteiger partial charge in [-0.15, -0.1) is 0 Å². The summed E-state index contributed by atoms with van der Waals surface area (Å²) in [7, 11) is 0. The maximum absolute atomic E-state index is 6.95. The number of para-hydroxylation sites is 2.